The zero-order chi connectivity index (χ0) is 23.5. The van der Waals surface area contributed by atoms with Crippen LogP contribution in [0, 0.1) is 0 Å². The third kappa shape index (κ3) is 5.03. The monoisotopic (exact) mass is 483 g/mol. The first-order valence-corrected chi connectivity index (χ1v) is 10.0. The lowest BCUT2D eigenvalue weighted by molar-refractivity contribution is -0.137. The van der Waals surface area contributed by atoms with E-state index in [1.165, 1.54) is 18.3 Å². The highest BCUT2D eigenvalue weighted by atomic mass is 35.5. The van der Waals surface area contributed by atoms with E-state index in [4.69, 9.17) is 33.7 Å². The summed E-state index contributed by atoms with van der Waals surface area (Å²) in [6, 6.07) is 8.00. The summed E-state index contributed by atoms with van der Waals surface area (Å²) in [4.78, 5) is 14.7. The summed E-state index contributed by atoms with van der Waals surface area (Å²) in [6.45, 7) is 4.66. The highest BCUT2D eigenvalue weighted by Crippen LogP contribution is 2.39. The van der Waals surface area contributed by atoms with Crippen molar-refractivity contribution in [3.8, 4) is 5.75 Å². The molecule has 1 heterocycles. The number of amides is 1. The summed E-state index contributed by atoms with van der Waals surface area (Å²) in [6.07, 6.45) is -0.194. The lowest BCUT2D eigenvalue weighted by Gasteiger charge is -2.33. The number of rotatable bonds is 5. The number of allylic oxidation sites excluding steroid dienone is 3. The predicted molar refractivity (Wildman–Crippen MR) is 120 cm³/mol. The van der Waals surface area contributed by atoms with E-state index in [-0.39, 0.29) is 23.6 Å². The minimum Gasteiger partial charge on any atom is -0.489 e. The molecular formula is C22H18Cl2F3N3O2. The van der Waals surface area contributed by atoms with Gasteiger partial charge in [-0.3, -0.25) is 4.79 Å². The zero-order valence-electron chi connectivity index (χ0n) is 16.5. The molecule has 3 N–H and O–H groups in total. The molecule has 32 heavy (non-hydrogen) atoms. The number of alkyl halides is 3. The minimum atomic E-state index is -4.65. The molecule has 10 heteroatoms. The number of hydrogen-bond donors (Lipinski definition) is 2. The number of anilines is 2. The summed E-state index contributed by atoms with van der Waals surface area (Å²) in [5, 5.41) is 2.35. The molecule has 1 amide bonds. The van der Waals surface area contributed by atoms with Crippen molar-refractivity contribution in [1.82, 2.24) is 0 Å². The van der Waals surface area contributed by atoms with Gasteiger partial charge in [0.2, 0.25) is 0 Å². The average molecular weight is 484 g/mol. The van der Waals surface area contributed by atoms with E-state index >= 15 is 0 Å². The molecule has 0 spiro atoms. The van der Waals surface area contributed by atoms with Crippen LogP contribution in [0.4, 0.5) is 24.5 Å². The molecule has 1 aliphatic heterocycles. The second kappa shape index (κ2) is 9.58. The van der Waals surface area contributed by atoms with E-state index in [9.17, 15) is 18.0 Å². The second-order valence-electron chi connectivity index (χ2n) is 6.65. The first-order chi connectivity index (χ1) is 15.1. The molecule has 3 rings (SSSR count). The Balaban J connectivity index is 1.91. The second-order valence-corrected chi connectivity index (χ2v) is 7.46. The SMILES string of the molecule is C=C(/C(Cl)=C\C=C/N)N1CCOc2c(C(=O)Nc3ccc(Cl)c(C(F)(F)F)c3)cccc21. The first kappa shape index (κ1) is 23.6. The number of fused-ring (bicyclic) bond motifs is 1. The normalized spacial score (nSPS) is 14.2. The molecule has 0 unspecified atom stereocenters. The summed E-state index contributed by atoms with van der Waals surface area (Å²) in [7, 11) is 0. The summed E-state index contributed by atoms with van der Waals surface area (Å²) >= 11 is 11.9. The van der Waals surface area contributed by atoms with Gasteiger partial charge >= 0.3 is 6.18 Å². The van der Waals surface area contributed by atoms with Crippen LogP contribution >= 0.6 is 23.2 Å². The molecule has 0 saturated heterocycles. The lowest BCUT2D eigenvalue weighted by atomic mass is 10.1. The van der Waals surface area contributed by atoms with Crippen molar-refractivity contribution in [2.24, 2.45) is 5.73 Å². The van der Waals surface area contributed by atoms with Crippen molar-refractivity contribution in [3.63, 3.8) is 0 Å². The van der Waals surface area contributed by atoms with E-state index in [1.54, 1.807) is 29.2 Å². The summed E-state index contributed by atoms with van der Waals surface area (Å²) in [5.41, 5.74) is 5.39. The van der Waals surface area contributed by atoms with E-state index < -0.39 is 22.7 Å². The van der Waals surface area contributed by atoms with Crippen molar-refractivity contribution in [2.45, 2.75) is 6.18 Å². The van der Waals surface area contributed by atoms with Crippen LogP contribution in [0.5, 0.6) is 5.75 Å². The van der Waals surface area contributed by atoms with Gasteiger partial charge in [0.15, 0.2) is 5.75 Å². The van der Waals surface area contributed by atoms with Crippen LogP contribution in [-0.4, -0.2) is 19.1 Å². The summed E-state index contributed by atoms with van der Waals surface area (Å²) in [5.74, 6) is -0.376. The maximum Gasteiger partial charge on any atom is 0.417 e. The maximum atomic E-state index is 13.1. The Bertz CT molecular complexity index is 1110. The molecule has 0 aliphatic carbocycles. The molecule has 0 radical (unpaired) electrons. The third-order valence-electron chi connectivity index (χ3n) is 4.58. The smallest absolute Gasteiger partial charge is 0.417 e. The van der Waals surface area contributed by atoms with Gasteiger partial charge in [-0.2, -0.15) is 13.2 Å². The van der Waals surface area contributed by atoms with Gasteiger partial charge in [0.1, 0.15) is 6.61 Å². The van der Waals surface area contributed by atoms with Gasteiger partial charge in [-0.15, -0.1) is 0 Å². The quantitative estimate of drug-likeness (QED) is 0.518. The Morgan fingerprint density at radius 1 is 1.28 bits per heavy atom. The van der Waals surface area contributed by atoms with Crippen molar-refractivity contribution in [2.75, 3.05) is 23.4 Å². The topological polar surface area (TPSA) is 67.6 Å². The number of carbonyl (C=O) groups is 1. The van der Waals surface area contributed by atoms with Crippen molar-refractivity contribution < 1.29 is 22.7 Å². The Hall–Kier alpha value is -3.10. The van der Waals surface area contributed by atoms with Crippen LogP contribution in [0.3, 0.4) is 0 Å². The van der Waals surface area contributed by atoms with Crippen LogP contribution in [0.2, 0.25) is 5.02 Å². The number of para-hydroxylation sites is 1. The van der Waals surface area contributed by atoms with Crippen LogP contribution in [0.25, 0.3) is 0 Å². The van der Waals surface area contributed by atoms with Gasteiger partial charge in [0.05, 0.1) is 39.1 Å². The Morgan fingerprint density at radius 2 is 2.03 bits per heavy atom. The van der Waals surface area contributed by atoms with Crippen LogP contribution in [-0.2, 0) is 6.18 Å². The standard InChI is InChI=1S/C22H18Cl2F3N3O2/c1-13(17(23)5-3-9-28)30-10-11-32-20-15(4-2-6-19(20)30)21(31)29-14-7-8-18(24)16(12-14)22(25,26)27/h2-9,12H,1,10-11,28H2,(H,29,31)/b9-3-,17-5+. The fraction of sp³-hybridized carbons (Fsp3) is 0.136. The molecule has 2 aromatic carbocycles. The predicted octanol–water partition coefficient (Wildman–Crippen LogP) is 5.92. The summed E-state index contributed by atoms with van der Waals surface area (Å²) < 4.78 is 45.1. The number of benzene rings is 2. The van der Waals surface area contributed by atoms with Gasteiger partial charge in [-0.05, 0) is 48.7 Å². The number of hydrogen-bond acceptors (Lipinski definition) is 4. The molecule has 1 aliphatic rings. The number of carbonyl (C=O) groups excluding carboxylic acids is 1. The van der Waals surface area contributed by atoms with Crippen molar-refractivity contribution in [1.29, 1.82) is 0 Å². The largest absolute Gasteiger partial charge is 0.489 e. The molecular weight excluding hydrogens is 466 g/mol. The van der Waals surface area contributed by atoms with E-state index in [0.29, 0.717) is 23.0 Å². The van der Waals surface area contributed by atoms with Crippen LogP contribution in [0.15, 0.2) is 72.1 Å². The number of nitrogens with two attached hydrogens (primary N) is 1. The molecule has 5 nitrogen and oxygen atoms in total. The van der Waals surface area contributed by atoms with E-state index in [1.807, 2.05) is 0 Å². The van der Waals surface area contributed by atoms with Gasteiger partial charge in [0, 0.05) is 5.69 Å². The van der Waals surface area contributed by atoms with Crippen LogP contribution in [0.1, 0.15) is 15.9 Å². The average Bonchev–Trinajstić information content (AvgIpc) is 2.76. The lowest BCUT2D eigenvalue weighted by Crippen LogP contribution is -2.33. The fourth-order valence-electron chi connectivity index (χ4n) is 3.09. The number of ether oxygens (including phenoxy) is 1. The molecule has 2 aromatic rings. The number of nitrogens with one attached hydrogen (secondary N) is 1. The molecule has 0 bridgehead atoms. The molecule has 0 atom stereocenters. The third-order valence-corrected chi connectivity index (χ3v) is 5.25. The highest BCUT2D eigenvalue weighted by Gasteiger charge is 2.33. The zero-order valence-corrected chi connectivity index (χ0v) is 18.1. The van der Waals surface area contributed by atoms with Crippen molar-refractivity contribution >= 4 is 40.5 Å². The van der Waals surface area contributed by atoms with E-state index in [0.717, 1.165) is 12.1 Å². The molecule has 0 saturated carbocycles. The fourth-order valence-corrected chi connectivity index (χ4v) is 3.49. The first-order valence-electron chi connectivity index (χ1n) is 9.28. The van der Waals surface area contributed by atoms with Crippen molar-refractivity contribution in [3.05, 3.63) is 88.2 Å². The Morgan fingerprint density at radius 3 is 2.72 bits per heavy atom. The van der Waals surface area contributed by atoms with Crippen LogP contribution < -0.4 is 20.7 Å². The maximum absolute atomic E-state index is 13.1. The van der Waals surface area contributed by atoms with Gasteiger partial charge in [-0.1, -0.05) is 35.8 Å². The van der Waals surface area contributed by atoms with Gasteiger partial charge < -0.3 is 20.7 Å². The minimum absolute atomic E-state index is 0.0547. The van der Waals surface area contributed by atoms with E-state index in [2.05, 4.69) is 11.9 Å². The van der Waals surface area contributed by atoms with Gasteiger partial charge in [-0.25, -0.2) is 0 Å². The van der Waals surface area contributed by atoms with Gasteiger partial charge in [0.25, 0.3) is 5.91 Å². The highest BCUT2D eigenvalue weighted by molar-refractivity contribution is 6.32. The molecule has 0 fully saturated rings. The molecule has 0 aromatic heterocycles. The number of nitrogens with zero attached hydrogens (tertiary/aromatic N) is 1. The molecule has 168 valence electrons. The number of halogens is 5. The Kier molecular flexibility index (Phi) is 7.06. The Labute approximate surface area is 192 Å².